The first-order chi connectivity index (χ1) is 9.12. The van der Waals surface area contributed by atoms with Crippen LogP contribution in [0, 0.1) is 0 Å². The van der Waals surface area contributed by atoms with Crippen molar-refractivity contribution in [2.75, 3.05) is 33.0 Å². The summed E-state index contributed by atoms with van der Waals surface area (Å²) in [5.41, 5.74) is 0. The molecule has 1 atom stereocenters. The van der Waals surface area contributed by atoms with E-state index in [0.29, 0.717) is 19.8 Å². The molecule has 1 fully saturated rings. The predicted molar refractivity (Wildman–Crippen MR) is 65.1 cm³/mol. The van der Waals surface area contributed by atoms with E-state index in [1.165, 1.54) is 17.1 Å². The summed E-state index contributed by atoms with van der Waals surface area (Å²) in [5, 5.41) is 12.6. The standard InChI is InChI=1S/C10H17N3O5S/c14-2-1-13-7-10(6-11-13)19(15,16)12-5-9-8-17-3-4-18-9/h6-7,9,12,14H,1-5,8H2. The van der Waals surface area contributed by atoms with Gasteiger partial charge in [0.25, 0.3) is 0 Å². The quantitative estimate of drug-likeness (QED) is 0.666. The van der Waals surface area contributed by atoms with E-state index in [0.717, 1.165) is 0 Å². The fourth-order valence-corrected chi connectivity index (χ4v) is 2.67. The third-order valence-corrected chi connectivity index (χ3v) is 4.01. The first-order valence-electron chi connectivity index (χ1n) is 5.94. The molecule has 108 valence electrons. The summed E-state index contributed by atoms with van der Waals surface area (Å²) in [6.45, 7) is 1.72. The van der Waals surface area contributed by atoms with Crippen LogP contribution >= 0.6 is 0 Å². The number of ether oxygens (including phenoxy) is 2. The number of aliphatic hydroxyl groups is 1. The number of hydrogen-bond acceptors (Lipinski definition) is 6. The summed E-state index contributed by atoms with van der Waals surface area (Å²) < 4.78 is 38.3. The highest BCUT2D eigenvalue weighted by Gasteiger charge is 2.20. The van der Waals surface area contributed by atoms with Crippen LogP contribution in [0.5, 0.6) is 0 Å². The largest absolute Gasteiger partial charge is 0.394 e. The molecular weight excluding hydrogens is 274 g/mol. The van der Waals surface area contributed by atoms with E-state index in [1.807, 2.05) is 0 Å². The highest BCUT2D eigenvalue weighted by Crippen LogP contribution is 2.08. The minimum atomic E-state index is -3.61. The maximum Gasteiger partial charge on any atom is 0.243 e. The van der Waals surface area contributed by atoms with Crippen molar-refractivity contribution in [2.24, 2.45) is 0 Å². The topological polar surface area (TPSA) is 103 Å². The van der Waals surface area contributed by atoms with Gasteiger partial charge in [0.05, 0.1) is 45.3 Å². The van der Waals surface area contributed by atoms with Gasteiger partial charge >= 0.3 is 0 Å². The van der Waals surface area contributed by atoms with Gasteiger partial charge in [0.15, 0.2) is 0 Å². The number of aromatic nitrogens is 2. The zero-order valence-electron chi connectivity index (χ0n) is 10.4. The summed E-state index contributed by atoms with van der Waals surface area (Å²) >= 11 is 0. The lowest BCUT2D eigenvalue weighted by Gasteiger charge is -2.22. The van der Waals surface area contributed by atoms with E-state index >= 15 is 0 Å². The molecule has 19 heavy (non-hydrogen) atoms. The molecule has 2 rings (SSSR count). The average Bonchev–Trinajstić information content (AvgIpc) is 2.88. The Morgan fingerprint density at radius 2 is 2.37 bits per heavy atom. The van der Waals surface area contributed by atoms with Gasteiger partial charge in [-0.05, 0) is 0 Å². The van der Waals surface area contributed by atoms with E-state index in [1.54, 1.807) is 0 Å². The molecule has 1 aromatic heterocycles. The summed E-state index contributed by atoms with van der Waals surface area (Å²) in [5.74, 6) is 0. The minimum absolute atomic E-state index is 0.0673. The summed E-state index contributed by atoms with van der Waals surface area (Å²) in [6, 6.07) is 0. The molecular formula is C10H17N3O5S. The zero-order valence-corrected chi connectivity index (χ0v) is 11.2. The van der Waals surface area contributed by atoms with Crippen LogP contribution in [0.2, 0.25) is 0 Å². The molecule has 9 heteroatoms. The molecule has 0 saturated carbocycles. The molecule has 0 bridgehead atoms. The second kappa shape index (κ2) is 6.44. The molecule has 2 N–H and O–H groups in total. The Hall–Kier alpha value is -1.00. The van der Waals surface area contributed by atoms with Gasteiger partial charge in [-0.25, -0.2) is 13.1 Å². The normalized spacial score (nSPS) is 20.6. The second-order valence-corrected chi connectivity index (χ2v) is 5.85. The Labute approximate surface area is 111 Å². The van der Waals surface area contributed by atoms with Gasteiger partial charge in [0.2, 0.25) is 10.0 Å². The SMILES string of the molecule is O=S(=O)(NCC1COCCO1)c1cnn(CCO)c1. The lowest BCUT2D eigenvalue weighted by atomic mass is 10.3. The Morgan fingerprint density at radius 3 is 3.05 bits per heavy atom. The molecule has 0 aliphatic carbocycles. The number of rotatable bonds is 6. The van der Waals surface area contributed by atoms with Crippen LogP contribution in [0.15, 0.2) is 17.3 Å². The Kier molecular flexibility index (Phi) is 4.88. The summed E-state index contributed by atoms with van der Waals surface area (Å²) in [7, 11) is -3.61. The fourth-order valence-electron chi connectivity index (χ4n) is 1.65. The van der Waals surface area contributed by atoms with Crippen molar-refractivity contribution in [3.8, 4) is 0 Å². The number of sulfonamides is 1. The molecule has 0 spiro atoms. The lowest BCUT2D eigenvalue weighted by molar-refractivity contribution is -0.0846. The van der Waals surface area contributed by atoms with Gasteiger partial charge in [-0.1, -0.05) is 0 Å². The van der Waals surface area contributed by atoms with Crippen LogP contribution in [-0.4, -0.2) is 62.4 Å². The van der Waals surface area contributed by atoms with Gasteiger partial charge < -0.3 is 14.6 Å². The van der Waals surface area contributed by atoms with Gasteiger partial charge in [0, 0.05) is 12.7 Å². The first kappa shape index (κ1) is 14.4. The molecule has 0 aromatic carbocycles. The van der Waals surface area contributed by atoms with E-state index in [4.69, 9.17) is 14.6 Å². The van der Waals surface area contributed by atoms with E-state index in [2.05, 4.69) is 9.82 Å². The van der Waals surface area contributed by atoms with Crippen LogP contribution in [-0.2, 0) is 26.0 Å². The Bertz CT molecular complexity index is 495. The minimum Gasteiger partial charge on any atom is -0.394 e. The number of nitrogens with one attached hydrogen (secondary N) is 1. The number of hydrogen-bond donors (Lipinski definition) is 2. The molecule has 8 nitrogen and oxygen atoms in total. The van der Waals surface area contributed by atoms with Crippen LogP contribution in [0.3, 0.4) is 0 Å². The van der Waals surface area contributed by atoms with Crippen LogP contribution < -0.4 is 4.72 Å². The van der Waals surface area contributed by atoms with Crippen molar-refractivity contribution in [3.05, 3.63) is 12.4 Å². The Balaban J connectivity index is 1.92. The van der Waals surface area contributed by atoms with Crippen LogP contribution in [0.25, 0.3) is 0 Å². The smallest absolute Gasteiger partial charge is 0.243 e. The second-order valence-electron chi connectivity index (χ2n) is 4.08. The summed E-state index contributed by atoms with van der Waals surface area (Å²) in [4.78, 5) is 0.0673. The van der Waals surface area contributed by atoms with Gasteiger partial charge in [-0.15, -0.1) is 0 Å². The molecule has 1 aliphatic rings. The van der Waals surface area contributed by atoms with E-state index in [-0.39, 0.29) is 30.7 Å². The first-order valence-corrected chi connectivity index (χ1v) is 7.42. The van der Waals surface area contributed by atoms with Crippen molar-refractivity contribution in [3.63, 3.8) is 0 Å². The molecule has 1 aliphatic heterocycles. The summed E-state index contributed by atoms with van der Waals surface area (Å²) in [6.07, 6.45) is 2.35. The van der Waals surface area contributed by atoms with E-state index in [9.17, 15) is 8.42 Å². The van der Waals surface area contributed by atoms with Crippen molar-refractivity contribution < 1.29 is 23.0 Å². The van der Waals surface area contributed by atoms with Gasteiger partial charge in [-0.2, -0.15) is 5.10 Å². The maximum atomic E-state index is 12.0. The average molecular weight is 291 g/mol. The Morgan fingerprint density at radius 1 is 1.53 bits per heavy atom. The highest BCUT2D eigenvalue weighted by atomic mass is 32.2. The molecule has 1 aromatic rings. The molecule has 0 radical (unpaired) electrons. The molecule has 2 heterocycles. The zero-order chi connectivity index (χ0) is 13.7. The van der Waals surface area contributed by atoms with Crippen LogP contribution in [0.4, 0.5) is 0 Å². The third kappa shape index (κ3) is 3.98. The van der Waals surface area contributed by atoms with Crippen molar-refractivity contribution in [1.82, 2.24) is 14.5 Å². The third-order valence-electron chi connectivity index (χ3n) is 2.63. The van der Waals surface area contributed by atoms with Crippen molar-refractivity contribution >= 4 is 10.0 Å². The van der Waals surface area contributed by atoms with Crippen molar-refractivity contribution in [1.29, 1.82) is 0 Å². The maximum absolute atomic E-state index is 12.0. The van der Waals surface area contributed by atoms with Crippen molar-refractivity contribution in [2.45, 2.75) is 17.5 Å². The number of nitrogens with zero attached hydrogens (tertiary/aromatic N) is 2. The molecule has 1 saturated heterocycles. The monoisotopic (exact) mass is 291 g/mol. The van der Waals surface area contributed by atoms with E-state index < -0.39 is 10.0 Å². The highest BCUT2D eigenvalue weighted by molar-refractivity contribution is 7.89. The lowest BCUT2D eigenvalue weighted by Crippen LogP contribution is -2.39. The van der Waals surface area contributed by atoms with Crippen LogP contribution in [0.1, 0.15) is 0 Å². The predicted octanol–water partition coefficient (Wildman–Crippen LogP) is -1.43. The number of aliphatic hydroxyl groups excluding tert-OH is 1. The van der Waals surface area contributed by atoms with Gasteiger partial charge in [0.1, 0.15) is 4.90 Å². The molecule has 0 amide bonds. The molecule has 1 unspecified atom stereocenters. The van der Waals surface area contributed by atoms with Gasteiger partial charge in [-0.3, -0.25) is 4.68 Å². The fraction of sp³-hybridized carbons (Fsp3) is 0.700.